The van der Waals surface area contributed by atoms with E-state index in [9.17, 15) is 22.4 Å². The van der Waals surface area contributed by atoms with E-state index in [4.69, 9.17) is 5.73 Å². The van der Waals surface area contributed by atoms with Crippen LogP contribution >= 0.6 is 0 Å². The van der Waals surface area contributed by atoms with Gasteiger partial charge in [0.25, 0.3) is 5.56 Å². The van der Waals surface area contributed by atoms with Crippen molar-refractivity contribution in [2.24, 2.45) is 12.8 Å². The lowest BCUT2D eigenvalue weighted by Gasteiger charge is -2.20. The summed E-state index contributed by atoms with van der Waals surface area (Å²) in [7, 11) is 1.31. The highest BCUT2D eigenvalue weighted by molar-refractivity contribution is 5.59. The second kappa shape index (κ2) is 5.48. The number of nitrogens with zero attached hydrogens (tertiary/aromatic N) is 3. The summed E-state index contributed by atoms with van der Waals surface area (Å²) in [5.74, 6) is -1.06. The Morgan fingerprint density at radius 1 is 1.26 bits per heavy atom. The summed E-state index contributed by atoms with van der Waals surface area (Å²) in [4.78, 5) is 11.4. The molecule has 0 atom stereocenters. The van der Waals surface area contributed by atoms with E-state index in [0.717, 1.165) is 21.4 Å². The van der Waals surface area contributed by atoms with Crippen LogP contribution in [0.2, 0.25) is 0 Å². The molecule has 2 rings (SSSR count). The Labute approximate surface area is 129 Å². The summed E-state index contributed by atoms with van der Waals surface area (Å²) >= 11 is 0. The topological polar surface area (TPSA) is 65.8 Å². The summed E-state index contributed by atoms with van der Waals surface area (Å²) in [5.41, 5.74) is 3.18. The maximum Gasteiger partial charge on any atom is 0.435 e. The summed E-state index contributed by atoms with van der Waals surface area (Å²) < 4.78 is 54.4. The Balaban J connectivity index is 2.65. The molecule has 0 fully saturated rings. The van der Waals surface area contributed by atoms with Gasteiger partial charge in [0, 0.05) is 24.3 Å². The summed E-state index contributed by atoms with van der Waals surface area (Å²) in [6, 6.07) is 1.70. The Hall–Kier alpha value is -2.16. The summed E-state index contributed by atoms with van der Waals surface area (Å²) in [6.07, 6.45) is -3.39. The Kier molecular flexibility index (Phi) is 4.10. The molecule has 2 heterocycles. The molecule has 0 saturated heterocycles. The van der Waals surface area contributed by atoms with Crippen LogP contribution in [0.1, 0.15) is 19.5 Å². The zero-order chi connectivity index (χ0) is 17.6. The molecule has 5 nitrogen and oxygen atoms in total. The highest BCUT2D eigenvalue weighted by Gasteiger charge is 2.35. The van der Waals surface area contributed by atoms with Crippen LogP contribution in [0, 0.1) is 5.82 Å². The zero-order valence-electron chi connectivity index (χ0n) is 12.8. The molecular weight excluding hydrogens is 316 g/mol. The van der Waals surface area contributed by atoms with Crippen molar-refractivity contribution in [2.45, 2.75) is 32.1 Å². The molecule has 2 aromatic heterocycles. The van der Waals surface area contributed by atoms with E-state index >= 15 is 0 Å². The molecule has 0 aromatic carbocycles. The smallest absolute Gasteiger partial charge is 0.324 e. The minimum absolute atomic E-state index is 0.0110. The van der Waals surface area contributed by atoms with Crippen molar-refractivity contribution in [3.8, 4) is 11.3 Å². The maximum absolute atomic E-state index is 13.6. The number of aryl methyl sites for hydroxylation is 1. The number of alkyl halides is 3. The van der Waals surface area contributed by atoms with E-state index in [1.807, 2.05) is 0 Å². The van der Waals surface area contributed by atoms with Crippen LogP contribution < -0.4 is 11.3 Å². The van der Waals surface area contributed by atoms with Crippen LogP contribution in [0.5, 0.6) is 0 Å². The fourth-order valence-corrected chi connectivity index (χ4v) is 2.11. The van der Waals surface area contributed by atoms with E-state index in [0.29, 0.717) is 0 Å². The standard InChI is InChI=1S/C14H16F4N4O/c1-13(2,19)7-22-10(5-11(20-22)14(16,17)18)8-4-9(15)12(23)21(3)6-8/h4-6H,7,19H2,1-3H3. The van der Waals surface area contributed by atoms with E-state index < -0.39 is 28.8 Å². The molecule has 2 N–H and O–H groups in total. The van der Waals surface area contributed by atoms with Crippen LogP contribution in [-0.4, -0.2) is 19.9 Å². The fourth-order valence-electron chi connectivity index (χ4n) is 2.11. The second-order valence-corrected chi connectivity index (χ2v) is 6.05. The highest BCUT2D eigenvalue weighted by Crippen LogP contribution is 2.32. The summed E-state index contributed by atoms with van der Waals surface area (Å²) in [5, 5.41) is 3.53. The van der Waals surface area contributed by atoms with Crippen molar-refractivity contribution in [3.05, 3.63) is 40.2 Å². The molecule has 9 heteroatoms. The lowest BCUT2D eigenvalue weighted by Crippen LogP contribution is -2.37. The van der Waals surface area contributed by atoms with Crippen molar-refractivity contribution in [2.75, 3.05) is 0 Å². The number of hydrogen-bond acceptors (Lipinski definition) is 3. The molecule has 0 aliphatic rings. The number of hydrogen-bond donors (Lipinski definition) is 1. The monoisotopic (exact) mass is 332 g/mol. The SMILES string of the molecule is Cn1cc(-c2cc(C(F)(F)F)nn2CC(C)(C)N)cc(F)c1=O. The number of aromatic nitrogens is 3. The molecule has 2 aromatic rings. The molecule has 0 saturated carbocycles. The molecule has 0 bridgehead atoms. The van der Waals surface area contributed by atoms with Crippen LogP contribution in [0.15, 0.2) is 23.1 Å². The van der Waals surface area contributed by atoms with Gasteiger partial charge in [-0.25, -0.2) is 4.39 Å². The maximum atomic E-state index is 13.6. The van der Waals surface area contributed by atoms with Gasteiger partial charge in [0.05, 0.1) is 12.2 Å². The Morgan fingerprint density at radius 3 is 2.35 bits per heavy atom. The van der Waals surface area contributed by atoms with Crippen LogP contribution in [0.4, 0.5) is 17.6 Å². The molecule has 0 amide bonds. The molecule has 23 heavy (non-hydrogen) atoms. The van der Waals surface area contributed by atoms with Gasteiger partial charge >= 0.3 is 6.18 Å². The molecule has 0 radical (unpaired) electrons. The third kappa shape index (κ3) is 3.79. The molecule has 0 spiro atoms. The summed E-state index contributed by atoms with van der Waals surface area (Å²) in [6.45, 7) is 3.25. The van der Waals surface area contributed by atoms with Gasteiger partial charge in [0.2, 0.25) is 0 Å². The highest BCUT2D eigenvalue weighted by atomic mass is 19.4. The Morgan fingerprint density at radius 2 is 1.87 bits per heavy atom. The van der Waals surface area contributed by atoms with E-state index in [1.54, 1.807) is 13.8 Å². The molecule has 0 unspecified atom stereocenters. The second-order valence-electron chi connectivity index (χ2n) is 6.05. The average molecular weight is 332 g/mol. The molecule has 0 aliphatic heterocycles. The molecule has 0 aliphatic carbocycles. The minimum atomic E-state index is -4.64. The van der Waals surface area contributed by atoms with Crippen LogP contribution in [0.3, 0.4) is 0 Å². The van der Waals surface area contributed by atoms with Crippen LogP contribution in [-0.2, 0) is 19.8 Å². The fraction of sp³-hybridized carbons (Fsp3) is 0.429. The van der Waals surface area contributed by atoms with Crippen molar-refractivity contribution < 1.29 is 17.6 Å². The van der Waals surface area contributed by atoms with Gasteiger partial charge in [0.15, 0.2) is 11.5 Å². The van der Waals surface area contributed by atoms with E-state index in [1.165, 1.54) is 13.2 Å². The average Bonchev–Trinajstić information content (AvgIpc) is 2.76. The first-order valence-electron chi connectivity index (χ1n) is 6.69. The van der Waals surface area contributed by atoms with Gasteiger partial charge in [-0.1, -0.05) is 0 Å². The number of pyridine rings is 1. The largest absolute Gasteiger partial charge is 0.435 e. The van der Waals surface area contributed by atoms with Gasteiger partial charge in [-0.3, -0.25) is 9.48 Å². The first-order chi connectivity index (χ1) is 10.4. The van der Waals surface area contributed by atoms with Crippen molar-refractivity contribution in [3.63, 3.8) is 0 Å². The van der Waals surface area contributed by atoms with Gasteiger partial charge in [-0.15, -0.1) is 0 Å². The molecule has 126 valence electrons. The normalized spacial score (nSPS) is 12.7. The third-order valence-corrected chi connectivity index (χ3v) is 3.06. The van der Waals surface area contributed by atoms with Crippen molar-refractivity contribution >= 4 is 0 Å². The number of nitrogens with two attached hydrogens (primary N) is 1. The number of halogens is 4. The lowest BCUT2D eigenvalue weighted by atomic mass is 10.1. The van der Waals surface area contributed by atoms with Gasteiger partial charge in [-0.05, 0) is 26.0 Å². The number of rotatable bonds is 3. The van der Waals surface area contributed by atoms with E-state index in [2.05, 4.69) is 5.10 Å². The predicted octanol–water partition coefficient (Wildman–Crippen LogP) is 2.14. The third-order valence-electron chi connectivity index (χ3n) is 3.06. The lowest BCUT2D eigenvalue weighted by molar-refractivity contribution is -0.141. The van der Waals surface area contributed by atoms with Crippen LogP contribution in [0.25, 0.3) is 11.3 Å². The first-order valence-corrected chi connectivity index (χ1v) is 6.69. The minimum Gasteiger partial charge on any atom is -0.324 e. The van der Waals surface area contributed by atoms with Crippen molar-refractivity contribution in [1.29, 1.82) is 0 Å². The quantitative estimate of drug-likeness (QED) is 0.876. The van der Waals surface area contributed by atoms with Gasteiger partial charge in [-0.2, -0.15) is 18.3 Å². The predicted molar refractivity (Wildman–Crippen MR) is 76.1 cm³/mol. The zero-order valence-corrected chi connectivity index (χ0v) is 12.8. The van der Waals surface area contributed by atoms with E-state index in [-0.39, 0.29) is 17.8 Å². The van der Waals surface area contributed by atoms with Crippen molar-refractivity contribution in [1.82, 2.24) is 14.3 Å². The molecular formula is C14H16F4N4O. The van der Waals surface area contributed by atoms with Gasteiger partial charge in [0.1, 0.15) is 0 Å². The van der Waals surface area contributed by atoms with Gasteiger partial charge < -0.3 is 10.3 Å². The Bertz CT molecular complexity index is 757. The first kappa shape index (κ1) is 17.2.